The predicted molar refractivity (Wildman–Crippen MR) is 50.9 cm³/mol. The van der Waals surface area contributed by atoms with E-state index in [4.69, 9.17) is 16.9 Å². The first-order valence-corrected chi connectivity index (χ1v) is 5.09. The number of thiophene rings is 1. The van der Waals surface area contributed by atoms with Crippen molar-refractivity contribution >= 4 is 28.7 Å². The van der Waals surface area contributed by atoms with Crippen molar-refractivity contribution in [1.82, 2.24) is 0 Å². The Morgan fingerprint density at radius 1 is 1.62 bits per heavy atom. The van der Waals surface area contributed by atoms with E-state index in [0.29, 0.717) is 22.1 Å². The van der Waals surface area contributed by atoms with E-state index in [1.54, 1.807) is 12.1 Å². The molecule has 1 aromatic rings. The van der Waals surface area contributed by atoms with Crippen LogP contribution in [-0.4, -0.2) is 5.78 Å². The lowest BCUT2D eigenvalue weighted by atomic mass is 10.0. The van der Waals surface area contributed by atoms with Gasteiger partial charge in [-0.15, -0.1) is 11.3 Å². The number of hydrogen-bond donors (Lipinski definition) is 0. The molecule has 1 aliphatic carbocycles. The van der Waals surface area contributed by atoms with E-state index in [2.05, 4.69) is 6.07 Å². The molecular formula is C9H6ClNOS. The van der Waals surface area contributed by atoms with Gasteiger partial charge in [0.15, 0.2) is 5.78 Å². The van der Waals surface area contributed by atoms with Crippen molar-refractivity contribution in [3.05, 3.63) is 21.3 Å². The number of nitriles is 1. The van der Waals surface area contributed by atoms with Crippen molar-refractivity contribution < 1.29 is 4.79 Å². The third kappa shape index (κ3) is 1.37. The number of carbonyl (C=O) groups excluding carboxylic acids is 1. The molecule has 13 heavy (non-hydrogen) atoms. The van der Waals surface area contributed by atoms with Gasteiger partial charge in [-0.3, -0.25) is 4.79 Å². The number of ketones is 1. The molecule has 2 rings (SSSR count). The average molecular weight is 212 g/mol. The Hall–Kier alpha value is -0.850. The molecule has 4 heteroatoms. The monoisotopic (exact) mass is 211 g/mol. The maximum atomic E-state index is 11.7. The lowest BCUT2D eigenvalue weighted by Crippen LogP contribution is -2.11. The Kier molecular flexibility index (Phi) is 1.90. The van der Waals surface area contributed by atoms with Crippen molar-refractivity contribution in [2.45, 2.75) is 12.8 Å². The van der Waals surface area contributed by atoms with Crippen LogP contribution < -0.4 is 0 Å². The molecule has 1 aliphatic rings. The molecule has 0 bridgehead atoms. The number of nitrogens with zero attached hydrogens (tertiary/aromatic N) is 1. The summed E-state index contributed by atoms with van der Waals surface area (Å²) in [5, 5.41) is 8.80. The minimum absolute atomic E-state index is 0.0631. The van der Waals surface area contributed by atoms with E-state index in [0.717, 1.165) is 0 Å². The Balaban J connectivity index is 2.29. The van der Waals surface area contributed by atoms with Crippen LogP contribution in [0.15, 0.2) is 12.1 Å². The second-order valence-electron chi connectivity index (χ2n) is 3.13. The number of carbonyl (C=O) groups is 1. The summed E-state index contributed by atoms with van der Waals surface area (Å²) in [7, 11) is 0. The molecule has 0 saturated heterocycles. The zero-order valence-corrected chi connectivity index (χ0v) is 8.28. The van der Waals surface area contributed by atoms with Crippen LogP contribution in [0, 0.1) is 16.7 Å². The molecule has 2 nitrogen and oxygen atoms in total. The molecule has 0 atom stereocenters. The van der Waals surface area contributed by atoms with Crippen LogP contribution >= 0.6 is 22.9 Å². The van der Waals surface area contributed by atoms with Gasteiger partial charge in [0.05, 0.1) is 15.3 Å². The largest absolute Gasteiger partial charge is 0.291 e. The summed E-state index contributed by atoms with van der Waals surface area (Å²) < 4.78 is 0.595. The third-order valence-electron chi connectivity index (χ3n) is 2.20. The van der Waals surface area contributed by atoms with Crippen LogP contribution in [0.2, 0.25) is 4.34 Å². The van der Waals surface area contributed by atoms with Gasteiger partial charge in [0, 0.05) is 0 Å². The van der Waals surface area contributed by atoms with Crippen molar-refractivity contribution in [1.29, 1.82) is 5.26 Å². The molecule has 1 aromatic heterocycles. The van der Waals surface area contributed by atoms with Gasteiger partial charge in [-0.1, -0.05) is 11.6 Å². The first-order chi connectivity index (χ1) is 6.18. The molecule has 66 valence electrons. The van der Waals surface area contributed by atoms with Crippen LogP contribution in [0.4, 0.5) is 0 Å². The highest BCUT2D eigenvalue weighted by Gasteiger charge is 2.51. The van der Waals surface area contributed by atoms with Gasteiger partial charge < -0.3 is 0 Å². The zero-order chi connectivity index (χ0) is 9.47. The fraction of sp³-hybridized carbons (Fsp3) is 0.333. The van der Waals surface area contributed by atoms with Crippen molar-refractivity contribution in [2.24, 2.45) is 5.41 Å². The Bertz CT molecular complexity index is 400. The molecule has 0 aliphatic heterocycles. The molecule has 0 unspecified atom stereocenters. The van der Waals surface area contributed by atoms with Crippen LogP contribution in [0.3, 0.4) is 0 Å². The average Bonchev–Trinajstić information content (AvgIpc) is 2.82. The van der Waals surface area contributed by atoms with Crippen LogP contribution in [0.25, 0.3) is 0 Å². The van der Waals surface area contributed by atoms with E-state index in [-0.39, 0.29) is 5.78 Å². The fourth-order valence-electron chi connectivity index (χ4n) is 1.19. The van der Waals surface area contributed by atoms with Crippen molar-refractivity contribution in [2.75, 3.05) is 0 Å². The zero-order valence-electron chi connectivity index (χ0n) is 6.71. The van der Waals surface area contributed by atoms with E-state index in [1.165, 1.54) is 11.3 Å². The van der Waals surface area contributed by atoms with Gasteiger partial charge in [-0.25, -0.2) is 0 Å². The maximum absolute atomic E-state index is 11.7. The second-order valence-corrected chi connectivity index (χ2v) is 4.84. The van der Waals surface area contributed by atoms with Gasteiger partial charge in [0.2, 0.25) is 0 Å². The summed E-state index contributed by atoms with van der Waals surface area (Å²) >= 11 is 6.94. The van der Waals surface area contributed by atoms with Gasteiger partial charge >= 0.3 is 0 Å². The molecule has 0 amide bonds. The maximum Gasteiger partial charge on any atom is 0.193 e. The molecule has 0 aromatic carbocycles. The highest BCUT2D eigenvalue weighted by atomic mass is 35.5. The number of halogens is 1. The molecule has 1 saturated carbocycles. The van der Waals surface area contributed by atoms with Crippen molar-refractivity contribution in [3.8, 4) is 6.07 Å². The normalized spacial score (nSPS) is 17.8. The quantitative estimate of drug-likeness (QED) is 0.706. The third-order valence-corrected chi connectivity index (χ3v) is 3.43. The Morgan fingerprint density at radius 3 is 2.69 bits per heavy atom. The number of Topliss-reactive ketones (excluding diaryl/α,β-unsaturated/α-hetero) is 1. The number of rotatable bonds is 2. The SMILES string of the molecule is N#CC1(C(=O)c2ccc(Cl)s2)CC1. The summed E-state index contributed by atoms with van der Waals surface area (Å²) in [6, 6.07) is 5.45. The first kappa shape index (κ1) is 8.74. The summed E-state index contributed by atoms with van der Waals surface area (Å²) in [6.07, 6.45) is 1.38. The van der Waals surface area contributed by atoms with Gasteiger partial charge in [0.1, 0.15) is 5.41 Å². The molecule has 1 fully saturated rings. The standard InChI is InChI=1S/C9H6ClNOS/c10-7-2-1-6(13-7)8(12)9(5-11)3-4-9/h1-2H,3-4H2. The lowest BCUT2D eigenvalue weighted by Gasteiger charge is -1.99. The van der Waals surface area contributed by atoms with Crippen LogP contribution in [-0.2, 0) is 0 Å². The predicted octanol–water partition coefficient (Wildman–Crippen LogP) is 2.89. The minimum atomic E-state index is -0.714. The highest BCUT2D eigenvalue weighted by Crippen LogP contribution is 2.48. The molecule has 0 radical (unpaired) electrons. The summed E-state index contributed by atoms with van der Waals surface area (Å²) in [4.78, 5) is 12.3. The van der Waals surface area contributed by atoms with Gasteiger partial charge in [0.25, 0.3) is 0 Å². The first-order valence-electron chi connectivity index (χ1n) is 3.89. The second kappa shape index (κ2) is 2.83. The summed E-state index contributed by atoms with van der Waals surface area (Å²) in [6.45, 7) is 0. The van der Waals surface area contributed by atoms with Crippen molar-refractivity contribution in [3.63, 3.8) is 0 Å². The van der Waals surface area contributed by atoms with Gasteiger partial charge in [-0.05, 0) is 25.0 Å². The topological polar surface area (TPSA) is 40.9 Å². The van der Waals surface area contributed by atoms with Crippen LogP contribution in [0.1, 0.15) is 22.5 Å². The molecule has 0 N–H and O–H groups in total. The lowest BCUT2D eigenvalue weighted by molar-refractivity contribution is 0.0939. The number of hydrogen-bond acceptors (Lipinski definition) is 3. The van der Waals surface area contributed by atoms with Crippen LogP contribution in [0.5, 0.6) is 0 Å². The Morgan fingerprint density at radius 2 is 2.31 bits per heavy atom. The summed E-state index contributed by atoms with van der Waals surface area (Å²) in [5.41, 5.74) is -0.714. The molecule has 1 heterocycles. The molecular weight excluding hydrogens is 206 g/mol. The fourth-order valence-corrected chi connectivity index (χ4v) is 2.27. The molecule has 0 spiro atoms. The smallest absolute Gasteiger partial charge is 0.193 e. The van der Waals surface area contributed by atoms with E-state index >= 15 is 0 Å². The summed E-state index contributed by atoms with van der Waals surface area (Å²) in [5.74, 6) is -0.0631. The van der Waals surface area contributed by atoms with E-state index in [1.807, 2.05) is 0 Å². The minimum Gasteiger partial charge on any atom is -0.291 e. The van der Waals surface area contributed by atoms with Gasteiger partial charge in [-0.2, -0.15) is 5.26 Å². The van der Waals surface area contributed by atoms with E-state index in [9.17, 15) is 4.79 Å². The Labute approximate surface area is 84.7 Å². The van der Waals surface area contributed by atoms with E-state index < -0.39 is 5.41 Å². The highest BCUT2D eigenvalue weighted by molar-refractivity contribution is 7.18.